The van der Waals surface area contributed by atoms with Crippen molar-refractivity contribution in [3.8, 4) is 11.5 Å². The smallest absolute Gasteiger partial charge is 1.00 e. The van der Waals surface area contributed by atoms with Gasteiger partial charge in [-0.05, 0) is 0 Å². The van der Waals surface area contributed by atoms with Crippen LogP contribution in [-0.2, 0) is 18.4 Å². The van der Waals surface area contributed by atoms with Gasteiger partial charge in [0.15, 0.2) is 0 Å². The minimum atomic E-state index is -2.42. The van der Waals surface area contributed by atoms with E-state index in [0.717, 1.165) is 17.5 Å². The Labute approximate surface area is 229 Å². The number of phenolic OH excluding ortho intramolecular Hbond substituents is 2. The zero-order valence-corrected chi connectivity index (χ0v) is 22.3. The molecule has 37 heavy (non-hydrogen) atoms. The number of para-hydroxylation sites is 4. The summed E-state index contributed by atoms with van der Waals surface area (Å²) in [6.45, 7) is 0. The third-order valence-electron chi connectivity index (χ3n) is 7.48. The first-order chi connectivity index (χ1) is 17.7. The van der Waals surface area contributed by atoms with Gasteiger partial charge in [-0.1, -0.05) is 0 Å². The number of aromatic hydroxyl groups is 2. The van der Waals surface area contributed by atoms with Gasteiger partial charge in [0.05, 0.1) is 0 Å². The molecule has 0 saturated heterocycles. The second kappa shape index (κ2) is 9.46. The summed E-state index contributed by atoms with van der Waals surface area (Å²) in [6.07, 6.45) is 7.64. The number of fused-ring (bicyclic) bond motifs is 2. The van der Waals surface area contributed by atoms with Crippen LogP contribution in [0.25, 0.3) is 0 Å². The molecule has 0 amide bonds. The Bertz CT molecular complexity index is 1450. The topological polar surface area (TPSA) is 46.9 Å². The molecular formula is C31H25ClN2O2Ti. The Kier molecular flexibility index (Phi) is 6.12. The second-order valence-corrected chi connectivity index (χ2v) is 12.9. The molecule has 7 rings (SSSR count). The SMILES string of the molecule is Oc1ccccc1C1c2ccccc2[N]1[Ti+]([C]1=CC=CC1)[N]1c2ccccc2C1c1ccccc1O.[Cl-]. The van der Waals surface area contributed by atoms with Crippen LogP contribution < -0.4 is 19.2 Å². The minimum Gasteiger partial charge on any atom is -1.00 e. The molecule has 2 atom stereocenters. The van der Waals surface area contributed by atoms with E-state index >= 15 is 0 Å². The summed E-state index contributed by atoms with van der Waals surface area (Å²) in [7, 11) is 0. The molecule has 182 valence electrons. The average molecular weight is 541 g/mol. The fourth-order valence-corrected chi connectivity index (χ4v) is 11.0. The molecule has 0 spiro atoms. The number of nitrogens with zero attached hydrogens (tertiary/aromatic N) is 2. The quantitative estimate of drug-likeness (QED) is 0.377. The molecule has 4 aromatic rings. The fraction of sp³-hybridized carbons (Fsp3) is 0.0968. The maximum Gasteiger partial charge on any atom is -1.00 e. The van der Waals surface area contributed by atoms with Crippen molar-refractivity contribution in [1.82, 2.24) is 0 Å². The number of rotatable bonds is 5. The minimum absolute atomic E-state index is 0. The maximum absolute atomic E-state index is 10.9. The number of hydrogen-bond acceptors (Lipinski definition) is 4. The molecule has 2 unspecified atom stereocenters. The Hall–Kier alpha value is -3.44. The predicted octanol–water partition coefficient (Wildman–Crippen LogP) is 3.91. The van der Waals surface area contributed by atoms with Crippen LogP contribution in [0.1, 0.15) is 40.8 Å². The summed E-state index contributed by atoms with van der Waals surface area (Å²) < 4.78 is 6.66. The molecule has 4 nitrogen and oxygen atoms in total. The number of hydrogen-bond donors (Lipinski definition) is 2. The first-order valence-electron chi connectivity index (χ1n) is 12.3. The van der Waals surface area contributed by atoms with Crippen LogP contribution in [0.2, 0.25) is 0 Å². The number of phenols is 2. The van der Waals surface area contributed by atoms with Crippen LogP contribution in [0.4, 0.5) is 11.4 Å². The Balaban J connectivity index is 0.00000252. The van der Waals surface area contributed by atoms with Crippen molar-refractivity contribution in [2.75, 3.05) is 6.76 Å². The van der Waals surface area contributed by atoms with E-state index in [2.05, 4.69) is 73.5 Å². The first-order valence-corrected chi connectivity index (χ1v) is 14.5. The Morgan fingerprint density at radius 3 is 1.46 bits per heavy atom. The molecule has 0 bridgehead atoms. The van der Waals surface area contributed by atoms with E-state index in [0.29, 0.717) is 11.5 Å². The van der Waals surface area contributed by atoms with Gasteiger partial charge in [0.1, 0.15) is 0 Å². The van der Waals surface area contributed by atoms with Crippen LogP contribution >= 0.6 is 0 Å². The van der Waals surface area contributed by atoms with Crippen molar-refractivity contribution >= 4 is 11.4 Å². The predicted molar refractivity (Wildman–Crippen MR) is 140 cm³/mol. The molecule has 2 N–H and O–H groups in total. The zero-order valence-electron chi connectivity index (χ0n) is 20.0. The summed E-state index contributed by atoms with van der Waals surface area (Å²) in [5, 5.41) is 21.8. The average Bonchev–Trinajstić information content (AvgIpc) is 3.42. The van der Waals surface area contributed by atoms with E-state index in [9.17, 15) is 10.2 Å². The van der Waals surface area contributed by atoms with E-state index in [4.69, 9.17) is 0 Å². The van der Waals surface area contributed by atoms with Gasteiger partial charge in [-0.15, -0.1) is 0 Å². The van der Waals surface area contributed by atoms with E-state index in [1.165, 1.54) is 26.4 Å². The molecule has 0 saturated carbocycles. The van der Waals surface area contributed by atoms with E-state index in [1.54, 1.807) is 12.1 Å². The summed E-state index contributed by atoms with van der Waals surface area (Å²) in [6, 6.07) is 32.6. The molecule has 0 aromatic heterocycles. The number of anilines is 2. The Morgan fingerprint density at radius 2 is 1.03 bits per heavy atom. The molecule has 4 aromatic carbocycles. The summed E-state index contributed by atoms with van der Waals surface area (Å²) in [5.74, 6) is 0.665. The third kappa shape index (κ3) is 3.63. The van der Waals surface area contributed by atoms with Gasteiger partial charge in [-0.3, -0.25) is 0 Å². The molecule has 0 fully saturated rings. The van der Waals surface area contributed by atoms with Gasteiger partial charge in [-0.25, -0.2) is 0 Å². The van der Waals surface area contributed by atoms with Crippen molar-refractivity contribution in [3.05, 3.63) is 141 Å². The molecule has 2 heterocycles. The Morgan fingerprint density at radius 1 is 0.595 bits per heavy atom. The summed E-state index contributed by atoms with van der Waals surface area (Å²) in [5.41, 5.74) is 6.89. The monoisotopic (exact) mass is 540 g/mol. The largest absolute Gasteiger partial charge is 1.00 e. The third-order valence-corrected chi connectivity index (χ3v) is 11.9. The van der Waals surface area contributed by atoms with Gasteiger partial charge in [0.2, 0.25) is 0 Å². The van der Waals surface area contributed by atoms with Crippen LogP contribution in [0.15, 0.2) is 119 Å². The van der Waals surface area contributed by atoms with Gasteiger partial charge in [0, 0.05) is 0 Å². The van der Waals surface area contributed by atoms with Crippen LogP contribution in [0.3, 0.4) is 0 Å². The summed E-state index contributed by atoms with van der Waals surface area (Å²) >= 11 is -2.42. The van der Waals surface area contributed by atoms with E-state index in [-0.39, 0.29) is 24.5 Å². The second-order valence-electron chi connectivity index (χ2n) is 9.43. The molecule has 0 radical (unpaired) electrons. The van der Waals surface area contributed by atoms with Gasteiger partial charge < -0.3 is 12.4 Å². The van der Waals surface area contributed by atoms with E-state index < -0.39 is 18.4 Å². The van der Waals surface area contributed by atoms with Crippen molar-refractivity contribution in [1.29, 1.82) is 0 Å². The molecule has 6 heteroatoms. The van der Waals surface area contributed by atoms with Crippen LogP contribution in [0.5, 0.6) is 11.5 Å². The fourth-order valence-electron chi connectivity index (χ4n) is 5.86. The van der Waals surface area contributed by atoms with Crippen molar-refractivity contribution in [3.63, 3.8) is 0 Å². The zero-order chi connectivity index (χ0) is 24.2. The number of allylic oxidation sites excluding steroid dienone is 4. The van der Waals surface area contributed by atoms with Crippen molar-refractivity contribution in [2.24, 2.45) is 0 Å². The van der Waals surface area contributed by atoms with Crippen molar-refractivity contribution < 1.29 is 41.0 Å². The van der Waals surface area contributed by atoms with Crippen molar-refractivity contribution in [2.45, 2.75) is 18.5 Å². The first kappa shape index (κ1) is 23.9. The number of benzene rings is 4. The normalized spacial score (nSPS) is 18.6. The molecule has 3 aliphatic rings. The van der Waals surface area contributed by atoms with Gasteiger partial charge in [0.25, 0.3) is 0 Å². The summed E-state index contributed by atoms with van der Waals surface area (Å²) in [4.78, 5) is 0. The van der Waals surface area contributed by atoms with E-state index in [1.807, 2.05) is 36.4 Å². The van der Waals surface area contributed by atoms with Gasteiger partial charge >= 0.3 is 218 Å². The van der Waals surface area contributed by atoms with Crippen LogP contribution in [0, 0.1) is 0 Å². The van der Waals surface area contributed by atoms with Crippen LogP contribution in [-0.4, -0.2) is 10.2 Å². The standard InChI is InChI=1S/2C13H10NO.C5H5.ClH.Ti/c2*15-12-8-4-2-6-10(12)13-9-5-1-3-7-11(9)14-13;1-2-4-5-3-1;;/h2*1-8,13,15H;1-3H,4H2;1H;/q2*-1;;;+3/p-1. The molecule has 1 aliphatic carbocycles. The van der Waals surface area contributed by atoms with Gasteiger partial charge in [-0.2, -0.15) is 0 Å². The maximum atomic E-state index is 10.9. The molecular weight excluding hydrogens is 516 g/mol. The molecule has 2 aliphatic heterocycles. The number of halogens is 1.